The van der Waals surface area contributed by atoms with E-state index in [0.717, 1.165) is 59.9 Å². The molecule has 3 aromatic rings. The van der Waals surface area contributed by atoms with Crippen LogP contribution in [0.3, 0.4) is 0 Å². The van der Waals surface area contributed by atoms with Crippen LogP contribution in [0.15, 0.2) is 47.3 Å². The van der Waals surface area contributed by atoms with E-state index in [1.807, 2.05) is 57.2 Å². The third-order valence-electron chi connectivity index (χ3n) is 9.67. The van der Waals surface area contributed by atoms with Crippen LogP contribution in [0.1, 0.15) is 83.3 Å². The first-order chi connectivity index (χ1) is 23.7. The van der Waals surface area contributed by atoms with Crippen molar-refractivity contribution in [3.05, 3.63) is 63.8 Å². The first kappa shape index (κ1) is 37.4. The molecule has 0 saturated heterocycles. The van der Waals surface area contributed by atoms with Crippen molar-refractivity contribution in [2.24, 2.45) is 23.5 Å². The molecule has 4 rings (SSSR count). The van der Waals surface area contributed by atoms with Gasteiger partial charge in [0.2, 0.25) is 23.6 Å². The van der Waals surface area contributed by atoms with Gasteiger partial charge in [0.05, 0.1) is 6.54 Å². The Morgan fingerprint density at radius 1 is 0.735 bits per heavy atom. The largest absolute Gasteiger partial charge is 0.492 e. The lowest BCUT2D eigenvalue weighted by Crippen LogP contribution is -2.39. The maximum absolute atomic E-state index is 13.5. The Morgan fingerprint density at radius 2 is 1.35 bits per heavy atom. The number of nitrogens with one attached hydrogen (secondary N) is 3. The average Bonchev–Trinajstić information content (AvgIpc) is 3.76. The van der Waals surface area contributed by atoms with Gasteiger partial charge in [0, 0.05) is 48.4 Å². The predicted molar refractivity (Wildman–Crippen MR) is 192 cm³/mol. The number of hydrogen-bond acceptors (Lipinski definition) is 6. The molecule has 0 spiro atoms. The van der Waals surface area contributed by atoms with Gasteiger partial charge in [-0.1, -0.05) is 51.1 Å². The highest BCUT2D eigenvalue weighted by Gasteiger charge is 2.31. The van der Waals surface area contributed by atoms with Crippen LogP contribution in [0.25, 0.3) is 22.3 Å². The zero-order valence-electron chi connectivity index (χ0n) is 29.2. The number of carbonyl (C=O) groups excluding carboxylic acids is 4. The van der Waals surface area contributed by atoms with Gasteiger partial charge in [0.15, 0.2) is 5.43 Å². The molecule has 0 fully saturated rings. The van der Waals surface area contributed by atoms with Crippen molar-refractivity contribution < 1.29 is 23.9 Å². The van der Waals surface area contributed by atoms with Gasteiger partial charge >= 0.3 is 0 Å². The second-order valence-electron chi connectivity index (χ2n) is 13.0. The van der Waals surface area contributed by atoms with Crippen LogP contribution in [0.4, 0.5) is 0 Å². The minimum atomic E-state index is -0.562. The average molecular weight is 673 g/mol. The molecule has 264 valence electrons. The van der Waals surface area contributed by atoms with Crippen LogP contribution in [0, 0.1) is 17.8 Å². The molecule has 0 heterocycles. The molecular weight excluding hydrogens is 620 g/mol. The number of fused-ring (bicyclic) bond motifs is 5. The van der Waals surface area contributed by atoms with Crippen LogP contribution >= 0.6 is 0 Å². The number of unbranched alkanes of at least 4 members (excludes halogenated alkanes) is 2. The van der Waals surface area contributed by atoms with Crippen LogP contribution in [0.5, 0.6) is 5.75 Å². The van der Waals surface area contributed by atoms with Crippen LogP contribution in [0.2, 0.25) is 0 Å². The number of nitrogens with two attached hydrogens (primary N) is 1. The Balaban J connectivity index is 1.29. The summed E-state index contributed by atoms with van der Waals surface area (Å²) in [6.45, 7) is 7.25. The molecule has 1 aliphatic rings. The molecule has 10 nitrogen and oxygen atoms in total. The van der Waals surface area contributed by atoms with Crippen molar-refractivity contribution in [1.29, 1.82) is 0 Å². The first-order valence-corrected chi connectivity index (χ1v) is 17.9. The predicted octanol–water partition coefficient (Wildman–Crippen LogP) is 4.60. The highest BCUT2D eigenvalue weighted by molar-refractivity contribution is 5.96. The number of aryl methyl sites for hydroxylation is 2. The van der Waals surface area contributed by atoms with Crippen molar-refractivity contribution in [3.63, 3.8) is 0 Å². The zero-order chi connectivity index (χ0) is 35.3. The number of amides is 4. The topological polar surface area (TPSA) is 157 Å². The Morgan fingerprint density at radius 3 is 2.04 bits per heavy atom. The van der Waals surface area contributed by atoms with E-state index in [0.29, 0.717) is 44.5 Å². The van der Waals surface area contributed by atoms with E-state index in [2.05, 4.69) is 22.0 Å². The standard InChI is InChI=1S/C39H52N4O6/c1-4-25(37(40)46)22-29(23-26(5-2)38(47)42-19-11-7-10-18-41-33(44)6-3)39(48)43-20-21-49-30-16-17-32-28(24-30)15-14-27-12-8-9-13-31(27)34-35(32)36(34)45/h8-9,12-13,16-17,24-26,29H,4-7,10-11,14-15,18-23H2,1-3H3,(H2,40,46)(H,41,44)(H,42,47)(H,43,48). The van der Waals surface area contributed by atoms with Crippen molar-refractivity contribution in [2.45, 2.75) is 85.0 Å². The van der Waals surface area contributed by atoms with Gasteiger partial charge < -0.3 is 26.4 Å². The number of rotatable bonds is 20. The molecule has 1 aliphatic carbocycles. The lowest BCUT2D eigenvalue weighted by molar-refractivity contribution is -0.129. The van der Waals surface area contributed by atoms with E-state index in [1.54, 1.807) is 0 Å². The quantitative estimate of drug-likeness (QED) is 0.129. The third kappa shape index (κ3) is 10.3. The molecule has 3 atom stereocenters. The molecular formula is C39H52N4O6. The van der Waals surface area contributed by atoms with Gasteiger partial charge in [0.25, 0.3) is 0 Å². The lowest BCUT2D eigenvalue weighted by atomic mass is 9.83. The van der Waals surface area contributed by atoms with Gasteiger partial charge in [0.1, 0.15) is 12.4 Å². The van der Waals surface area contributed by atoms with E-state index < -0.39 is 17.7 Å². The molecule has 5 N–H and O–H groups in total. The van der Waals surface area contributed by atoms with Crippen molar-refractivity contribution in [3.8, 4) is 28.0 Å². The fourth-order valence-corrected chi connectivity index (χ4v) is 6.61. The molecule has 3 unspecified atom stereocenters. The summed E-state index contributed by atoms with van der Waals surface area (Å²) in [4.78, 5) is 62.7. The lowest BCUT2D eigenvalue weighted by Gasteiger charge is -2.24. The monoisotopic (exact) mass is 672 g/mol. The smallest absolute Gasteiger partial charge is 0.223 e. The maximum Gasteiger partial charge on any atom is 0.223 e. The first-order valence-electron chi connectivity index (χ1n) is 17.9. The van der Waals surface area contributed by atoms with Gasteiger partial charge in [-0.3, -0.25) is 24.0 Å². The van der Waals surface area contributed by atoms with Crippen LogP contribution in [-0.2, 0) is 32.0 Å². The summed E-state index contributed by atoms with van der Waals surface area (Å²) >= 11 is 0. The number of carbonyl (C=O) groups is 4. The summed E-state index contributed by atoms with van der Waals surface area (Å²) in [6.07, 6.45) is 6.26. The zero-order valence-corrected chi connectivity index (χ0v) is 29.2. The van der Waals surface area contributed by atoms with Gasteiger partial charge in [-0.25, -0.2) is 0 Å². The number of primary amides is 1. The van der Waals surface area contributed by atoms with E-state index in [1.165, 1.54) is 5.56 Å². The normalized spacial score (nSPS) is 13.9. The fourth-order valence-electron chi connectivity index (χ4n) is 6.61. The van der Waals surface area contributed by atoms with E-state index in [9.17, 15) is 24.0 Å². The molecule has 3 aromatic carbocycles. The molecule has 0 aromatic heterocycles. The second-order valence-corrected chi connectivity index (χ2v) is 13.0. The fraction of sp³-hybridized carbons (Fsp3) is 0.513. The SMILES string of the molecule is CCC(=O)NCCCCCNC(=O)C(CC)CC(CC(CC)C(N)=O)C(=O)NCCOc1ccc2c(c1)CCc1ccccc1-c1c-2c1=O. The molecule has 4 amide bonds. The highest BCUT2D eigenvalue weighted by atomic mass is 16.5. The van der Waals surface area contributed by atoms with Crippen molar-refractivity contribution in [1.82, 2.24) is 16.0 Å². The van der Waals surface area contributed by atoms with Gasteiger partial charge in [-0.05, 0) is 92.2 Å². The van der Waals surface area contributed by atoms with Gasteiger partial charge in [-0.2, -0.15) is 0 Å². The summed E-state index contributed by atoms with van der Waals surface area (Å²) in [7, 11) is 0. The Kier molecular flexibility index (Phi) is 14.0. The van der Waals surface area contributed by atoms with Crippen LogP contribution in [-0.4, -0.2) is 49.9 Å². The molecule has 0 radical (unpaired) electrons. The van der Waals surface area contributed by atoms with E-state index >= 15 is 0 Å². The Labute approximate surface area is 289 Å². The highest BCUT2D eigenvalue weighted by Crippen LogP contribution is 2.41. The summed E-state index contributed by atoms with van der Waals surface area (Å²) in [5.74, 6) is -1.49. The van der Waals surface area contributed by atoms with E-state index in [4.69, 9.17) is 10.5 Å². The second kappa shape index (κ2) is 18.3. The Bertz CT molecular complexity index is 1610. The summed E-state index contributed by atoms with van der Waals surface area (Å²) in [5.41, 5.74) is 11.6. The minimum absolute atomic E-state index is 0.0354. The third-order valence-corrected chi connectivity index (χ3v) is 9.67. The maximum atomic E-state index is 13.5. The minimum Gasteiger partial charge on any atom is -0.492 e. The summed E-state index contributed by atoms with van der Waals surface area (Å²) < 4.78 is 6.02. The molecule has 0 aliphatic heterocycles. The van der Waals surface area contributed by atoms with Crippen molar-refractivity contribution >= 4 is 23.6 Å². The van der Waals surface area contributed by atoms with Gasteiger partial charge in [-0.15, -0.1) is 0 Å². The number of benzene rings is 2. The molecule has 0 saturated carbocycles. The summed E-state index contributed by atoms with van der Waals surface area (Å²) in [6, 6.07) is 13.9. The molecule has 10 heteroatoms. The van der Waals surface area contributed by atoms with E-state index in [-0.39, 0.29) is 48.6 Å². The summed E-state index contributed by atoms with van der Waals surface area (Å²) in [5, 5.41) is 8.81. The molecule has 0 bridgehead atoms. The number of hydrogen-bond donors (Lipinski definition) is 4. The van der Waals surface area contributed by atoms with Crippen LogP contribution < -0.4 is 31.8 Å². The Hall–Kier alpha value is -4.47. The number of ether oxygens (including phenoxy) is 1. The molecule has 49 heavy (non-hydrogen) atoms. The van der Waals surface area contributed by atoms with Crippen molar-refractivity contribution in [2.75, 3.05) is 26.2 Å².